The molecule has 1 aliphatic heterocycles. The minimum Gasteiger partial charge on any atom is -0.399 e. The fourth-order valence-electron chi connectivity index (χ4n) is 4.24. The Morgan fingerprint density at radius 3 is 2.29 bits per heavy atom. The van der Waals surface area contributed by atoms with Gasteiger partial charge in [0.05, 0.1) is 0 Å². The van der Waals surface area contributed by atoms with E-state index < -0.39 is 0 Å². The van der Waals surface area contributed by atoms with Crippen LogP contribution in [0.25, 0.3) is 0 Å². The number of benzene rings is 1. The van der Waals surface area contributed by atoms with Gasteiger partial charge in [0.15, 0.2) is 0 Å². The molecule has 1 aromatic carbocycles. The van der Waals surface area contributed by atoms with Crippen LogP contribution in [-0.4, -0.2) is 24.5 Å². The van der Waals surface area contributed by atoms with Crippen LogP contribution in [0.4, 0.5) is 5.69 Å². The van der Waals surface area contributed by atoms with Crippen molar-refractivity contribution in [3.8, 4) is 0 Å². The van der Waals surface area contributed by atoms with Gasteiger partial charge in [-0.25, -0.2) is 0 Å². The summed E-state index contributed by atoms with van der Waals surface area (Å²) < 4.78 is 0. The molecule has 1 saturated heterocycles. The minimum absolute atomic E-state index is 0.632. The summed E-state index contributed by atoms with van der Waals surface area (Å²) in [5.74, 6) is 0.632. The average Bonchev–Trinajstić information content (AvgIpc) is 2.95. The third-order valence-corrected chi connectivity index (χ3v) is 5.96. The van der Waals surface area contributed by atoms with Gasteiger partial charge in [-0.1, -0.05) is 31.9 Å². The van der Waals surface area contributed by atoms with Gasteiger partial charge < -0.3 is 10.6 Å². The molecule has 2 aliphatic rings. The van der Waals surface area contributed by atoms with Crippen molar-refractivity contribution in [1.29, 1.82) is 0 Å². The van der Waals surface area contributed by atoms with Gasteiger partial charge in [-0.15, -0.1) is 0 Å². The Bertz CT molecular complexity index is 435. The summed E-state index contributed by atoms with van der Waals surface area (Å²) in [7, 11) is 0. The molecule has 1 atom stereocenters. The predicted molar refractivity (Wildman–Crippen MR) is 90.5 cm³/mol. The number of nitrogens with zero attached hydrogens (tertiary/aromatic N) is 1. The highest BCUT2D eigenvalue weighted by Gasteiger charge is 2.36. The molecule has 1 aromatic rings. The topological polar surface area (TPSA) is 29.3 Å². The van der Waals surface area contributed by atoms with Crippen molar-refractivity contribution in [1.82, 2.24) is 4.90 Å². The van der Waals surface area contributed by atoms with Crippen LogP contribution >= 0.6 is 0 Å². The zero-order valence-corrected chi connectivity index (χ0v) is 13.5. The van der Waals surface area contributed by atoms with Gasteiger partial charge in [0.1, 0.15) is 0 Å². The maximum atomic E-state index is 5.77. The maximum Gasteiger partial charge on any atom is 0.0314 e. The van der Waals surface area contributed by atoms with Crippen LogP contribution in [-0.2, 0) is 0 Å². The lowest BCUT2D eigenvalue weighted by Gasteiger charge is -2.39. The zero-order chi connectivity index (χ0) is 14.7. The standard InChI is InChI=1S/C19H30N2/c1-16(17-4-6-18(20)7-5-17)8-13-21-14-11-19(12-15-21)9-2-3-10-19/h4-7,16H,2-3,8-15,20H2,1H3. The maximum absolute atomic E-state index is 5.77. The SMILES string of the molecule is CC(CCN1CCC2(CCCC2)CC1)c1ccc(N)cc1. The van der Waals surface area contributed by atoms with Crippen LogP contribution in [0.2, 0.25) is 0 Å². The molecule has 2 heteroatoms. The summed E-state index contributed by atoms with van der Waals surface area (Å²) in [4.78, 5) is 2.69. The monoisotopic (exact) mass is 286 g/mol. The number of nitrogen functional groups attached to an aromatic ring is 1. The Labute approximate surface area is 129 Å². The number of nitrogens with two attached hydrogens (primary N) is 1. The molecule has 3 rings (SSSR count). The minimum atomic E-state index is 0.632. The molecular weight excluding hydrogens is 256 g/mol. The van der Waals surface area contributed by atoms with Crippen molar-refractivity contribution < 1.29 is 0 Å². The summed E-state index contributed by atoms with van der Waals surface area (Å²) in [6.45, 7) is 6.25. The molecular formula is C19H30N2. The highest BCUT2D eigenvalue weighted by atomic mass is 15.1. The first kappa shape index (κ1) is 14.9. The molecule has 21 heavy (non-hydrogen) atoms. The molecule has 2 nitrogen and oxygen atoms in total. The Kier molecular flexibility index (Phi) is 4.54. The van der Waals surface area contributed by atoms with E-state index in [0.717, 1.165) is 11.1 Å². The number of rotatable bonds is 4. The number of anilines is 1. The molecule has 0 amide bonds. The van der Waals surface area contributed by atoms with Gasteiger partial charge >= 0.3 is 0 Å². The van der Waals surface area contributed by atoms with Crippen LogP contribution in [0.5, 0.6) is 0 Å². The summed E-state index contributed by atoms with van der Waals surface area (Å²) in [6.07, 6.45) is 10.1. The number of piperidine rings is 1. The second-order valence-corrected chi connectivity index (χ2v) is 7.41. The van der Waals surface area contributed by atoms with Gasteiger partial charge in [0, 0.05) is 5.69 Å². The van der Waals surface area contributed by atoms with Gasteiger partial charge in [-0.05, 0) is 80.8 Å². The fraction of sp³-hybridized carbons (Fsp3) is 0.684. The number of hydrogen-bond donors (Lipinski definition) is 1. The van der Waals surface area contributed by atoms with Crippen molar-refractivity contribution in [3.63, 3.8) is 0 Å². The van der Waals surface area contributed by atoms with Crippen LogP contribution < -0.4 is 5.73 Å². The Hall–Kier alpha value is -1.02. The van der Waals surface area contributed by atoms with Gasteiger partial charge in [-0.3, -0.25) is 0 Å². The van der Waals surface area contributed by atoms with E-state index >= 15 is 0 Å². The van der Waals surface area contributed by atoms with E-state index in [1.165, 1.54) is 70.1 Å². The van der Waals surface area contributed by atoms with E-state index in [1.54, 1.807) is 0 Å². The Balaban J connectivity index is 1.44. The second kappa shape index (κ2) is 6.39. The summed E-state index contributed by atoms with van der Waals surface area (Å²) >= 11 is 0. The fourth-order valence-corrected chi connectivity index (χ4v) is 4.24. The molecule has 1 spiro atoms. The van der Waals surface area contributed by atoms with Crippen molar-refractivity contribution in [2.75, 3.05) is 25.4 Å². The van der Waals surface area contributed by atoms with Crippen molar-refractivity contribution in [2.45, 2.75) is 57.8 Å². The van der Waals surface area contributed by atoms with Crippen molar-refractivity contribution >= 4 is 5.69 Å². The predicted octanol–water partition coefficient (Wildman–Crippen LogP) is 4.42. The smallest absolute Gasteiger partial charge is 0.0314 e. The van der Waals surface area contributed by atoms with Crippen LogP contribution in [0.1, 0.15) is 63.4 Å². The molecule has 0 radical (unpaired) electrons. The summed E-state index contributed by atoms with van der Waals surface area (Å²) in [6, 6.07) is 8.42. The lowest BCUT2D eigenvalue weighted by molar-refractivity contribution is 0.106. The van der Waals surface area contributed by atoms with Crippen LogP contribution in [0.3, 0.4) is 0 Å². The molecule has 1 heterocycles. The van der Waals surface area contributed by atoms with Gasteiger partial charge in [0.2, 0.25) is 0 Å². The molecule has 0 bridgehead atoms. The first-order valence-electron chi connectivity index (χ1n) is 8.75. The molecule has 1 unspecified atom stereocenters. The summed E-state index contributed by atoms with van der Waals surface area (Å²) in [5.41, 5.74) is 8.80. The summed E-state index contributed by atoms with van der Waals surface area (Å²) in [5, 5.41) is 0. The van der Waals surface area contributed by atoms with Crippen molar-refractivity contribution in [3.05, 3.63) is 29.8 Å². The zero-order valence-electron chi connectivity index (χ0n) is 13.5. The van der Waals surface area contributed by atoms with E-state index in [-0.39, 0.29) is 0 Å². The van der Waals surface area contributed by atoms with E-state index in [2.05, 4.69) is 24.0 Å². The number of hydrogen-bond acceptors (Lipinski definition) is 2. The third-order valence-electron chi connectivity index (χ3n) is 5.96. The second-order valence-electron chi connectivity index (χ2n) is 7.41. The van der Waals surface area contributed by atoms with Crippen molar-refractivity contribution in [2.24, 2.45) is 5.41 Å². The first-order chi connectivity index (χ1) is 10.2. The van der Waals surface area contributed by atoms with E-state index in [4.69, 9.17) is 5.73 Å². The quantitative estimate of drug-likeness (QED) is 0.830. The molecule has 2 N–H and O–H groups in total. The van der Waals surface area contributed by atoms with E-state index in [9.17, 15) is 0 Å². The molecule has 1 saturated carbocycles. The molecule has 2 fully saturated rings. The average molecular weight is 286 g/mol. The van der Waals surface area contributed by atoms with Crippen LogP contribution in [0, 0.1) is 5.41 Å². The molecule has 0 aromatic heterocycles. The normalized spacial score (nSPS) is 23.5. The van der Waals surface area contributed by atoms with Gasteiger partial charge in [0.25, 0.3) is 0 Å². The highest BCUT2D eigenvalue weighted by molar-refractivity contribution is 5.40. The van der Waals surface area contributed by atoms with Gasteiger partial charge in [-0.2, -0.15) is 0 Å². The Morgan fingerprint density at radius 2 is 1.67 bits per heavy atom. The van der Waals surface area contributed by atoms with E-state index in [1.807, 2.05) is 12.1 Å². The third kappa shape index (κ3) is 3.60. The number of likely N-dealkylation sites (tertiary alicyclic amines) is 1. The molecule has 1 aliphatic carbocycles. The Morgan fingerprint density at radius 1 is 1.05 bits per heavy atom. The van der Waals surface area contributed by atoms with E-state index in [0.29, 0.717) is 5.92 Å². The first-order valence-corrected chi connectivity index (χ1v) is 8.75. The highest BCUT2D eigenvalue weighted by Crippen LogP contribution is 2.46. The largest absolute Gasteiger partial charge is 0.399 e. The molecule has 116 valence electrons. The lowest BCUT2D eigenvalue weighted by Crippen LogP contribution is -2.39. The van der Waals surface area contributed by atoms with Crippen LogP contribution in [0.15, 0.2) is 24.3 Å². The lowest BCUT2D eigenvalue weighted by atomic mass is 9.77.